The molecule has 0 aromatic heterocycles. The molecule has 112 valence electrons. The van der Waals surface area contributed by atoms with Gasteiger partial charge in [0, 0.05) is 12.0 Å². The Morgan fingerprint density at radius 1 is 1.29 bits per heavy atom. The Hall–Kier alpha value is -2.41. The first-order valence-electron chi connectivity index (χ1n) is 6.31. The predicted octanol–water partition coefficient (Wildman–Crippen LogP) is 1.93. The Labute approximate surface area is 120 Å². The van der Waals surface area contributed by atoms with Crippen molar-refractivity contribution in [1.82, 2.24) is 0 Å². The van der Waals surface area contributed by atoms with Gasteiger partial charge in [0.25, 0.3) is 5.69 Å². The van der Waals surface area contributed by atoms with Crippen molar-refractivity contribution >= 4 is 11.5 Å². The molecule has 1 aliphatic carbocycles. The van der Waals surface area contributed by atoms with Crippen molar-refractivity contribution in [2.45, 2.75) is 18.9 Å². The van der Waals surface area contributed by atoms with E-state index in [0.717, 1.165) is 0 Å². The predicted molar refractivity (Wildman–Crippen MR) is 73.5 cm³/mol. The number of ether oxygens (including phenoxy) is 2. The van der Waals surface area contributed by atoms with Gasteiger partial charge < -0.3 is 14.6 Å². The van der Waals surface area contributed by atoms with Gasteiger partial charge in [-0.15, -0.1) is 0 Å². The van der Waals surface area contributed by atoms with Crippen LogP contribution in [0, 0.1) is 10.1 Å². The fourth-order valence-electron chi connectivity index (χ4n) is 2.31. The van der Waals surface area contributed by atoms with Crippen LogP contribution in [0.1, 0.15) is 24.5 Å². The average molecular weight is 293 g/mol. The van der Waals surface area contributed by atoms with Crippen molar-refractivity contribution in [3.05, 3.63) is 39.5 Å². The van der Waals surface area contributed by atoms with E-state index in [1.54, 1.807) is 6.08 Å². The second-order valence-corrected chi connectivity index (χ2v) is 4.55. The van der Waals surface area contributed by atoms with E-state index in [9.17, 15) is 20.0 Å². The number of benzene rings is 1. The van der Waals surface area contributed by atoms with Gasteiger partial charge in [-0.25, -0.2) is 0 Å². The summed E-state index contributed by atoms with van der Waals surface area (Å²) in [5.74, 6) is 0.238. The van der Waals surface area contributed by atoms with Gasteiger partial charge in [0.2, 0.25) is 0 Å². The lowest BCUT2D eigenvalue weighted by Gasteiger charge is -2.15. The number of nitro benzene ring substituents is 1. The van der Waals surface area contributed by atoms with E-state index in [1.807, 2.05) is 0 Å². The van der Waals surface area contributed by atoms with E-state index >= 15 is 0 Å². The van der Waals surface area contributed by atoms with Gasteiger partial charge in [0.15, 0.2) is 17.3 Å². The van der Waals surface area contributed by atoms with E-state index in [4.69, 9.17) is 9.47 Å². The van der Waals surface area contributed by atoms with Crippen molar-refractivity contribution < 1.29 is 24.3 Å². The summed E-state index contributed by atoms with van der Waals surface area (Å²) in [5.41, 5.74) is -0.120. The molecule has 0 amide bonds. The number of nitrogens with zero attached hydrogens (tertiary/aromatic N) is 1. The zero-order chi connectivity index (χ0) is 15.6. The largest absolute Gasteiger partial charge is 0.493 e. The number of aliphatic hydroxyl groups is 1. The number of methoxy groups -OCH3 is 2. The summed E-state index contributed by atoms with van der Waals surface area (Å²) in [6.07, 6.45) is 1.10. The molecule has 7 nitrogen and oxygen atoms in total. The Bertz CT molecular complexity index is 622. The van der Waals surface area contributed by atoms with Gasteiger partial charge in [0.1, 0.15) is 6.10 Å². The number of ketones is 1. The number of rotatable bonds is 5. The molecule has 0 fully saturated rings. The minimum absolute atomic E-state index is 0.0131. The summed E-state index contributed by atoms with van der Waals surface area (Å²) in [5, 5.41) is 21.5. The van der Waals surface area contributed by atoms with Crippen LogP contribution >= 0.6 is 0 Å². The van der Waals surface area contributed by atoms with Gasteiger partial charge in [-0.1, -0.05) is 6.08 Å². The van der Waals surface area contributed by atoms with Crippen LogP contribution < -0.4 is 9.47 Å². The maximum atomic E-state index is 11.7. The number of allylic oxidation sites excluding steroid dienone is 1. The van der Waals surface area contributed by atoms with Crippen LogP contribution in [-0.4, -0.2) is 30.0 Å². The Morgan fingerprint density at radius 2 is 1.90 bits per heavy atom. The van der Waals surface area contributed by atoms with Crippen LogP contribution in [0.3, 0.4) is 0 Å². The zero-order valence-electron chi connectivity index (χ0n) is 11.7. The Balaban J connectivity index is 2.55. The van der Waals surface area contributed by atoms with E-state index in [1.165, 1.54) is 26.4 Å². The van der Waals surface area contributed by atoms with Crippen molar-refractivity contribution in [3.63, 3.8) is 0 Å². The monoisotopic (exact) mass is 293 g/mol. The quantitative estimate of drug-likeness (QED) is 0.658. The second-order valence-electron chi connectivity index (χ2n) is 4.55. The molecular weight excluding hydrogens is 278 g/mol. The summed E-state index contributed by atoms with van der Waals surface area (Å²) in [4.78, 5) is 22.3. The molecule has 1 N–H and O–H groups in total. The van der Waals surface area contributed by atoms with Crippen molar-refractivity contribution in [2.24, 2.45) is 0 Å². The molecule has 0 heterocycles. The van der Waals surface area contributed by atoms with Gasteiger partial charge in [-0.3, -0.25) is 14.9 Å². The minimum atomic E-state index is -1.35. The van der Waals surface area contributed by atoms with Crippen molar-refractivity contribution in [2.75, 3.05) is 14.2 Å². The number of carbonyl (C=O) groups excluding carboxylic acids is 1. The third-order valence-electron chi connectivity index (χ3n) is 3.38. The number of hydrogen-bond acceptors (Lipinski definition) is 6. The number of carbonyl (C=O) groups is 1. The summed E-state index contributed by atoms with van der Waals surface area (Å²) in [6.45, 7) is 0. The van der Waals surface area contributed by atoms with Crippen molar-refractivity contribution in [3.8, 4) is 11.5 Å². The van der Waals surface area contributed by atoms with Crippen molar-refractivity contribution in [1.29, 1.82) is 0 Å². The molecule has 1 unspecified atom stereocenters. The van der Waals surface area contributed by atoms with Crippen LogP contribution in [-0.2, 0) is 4.79 Å². The lowest BCUT2D eigenvalue weighted by molar-refractivity contribution is -0.386. The molecule has 2 rings (SSSR count). The number of nitro groups is 1. The molecule has 1 atom stereocenters. The maximum absolute atomic E-state index is 11.7. The first-order chi connectivity index (χ1) is 9.99. The van der Waals surface area contributed by atoms with E-state index in [0.29, 0.717) is 12.8 Å². The van der Waals surface area contributed by atoms with Gasteiger partial charge in [-0.05, 0) is 12.5 Å². The lowest BCUT2D eigenvalue weighted by atomic mass is 9.98. The third kappa shape index (κ3) is 2.73. The summed E-state index contributed by atoms with van der Waals surface area (Å²) < 4.78 is 10.1. The zero-order valence-corrected chi connectivity index (χ0v) is 11.7. The van der Waals surface area contributed by atoms with Crippen LogP contribution in [0.15, 0.2) is 23.8 Å². The van der Waals surface area contributed by atoms with Gasteiger partial charge >= 0.3 is 0 Å². The first kappa shape index (κ1) is 15.0. The molecule has 1 aromatic rings. The maximum Gasteiger partial charge on any atom is 0.279 e. The fourth-order valence-corrected chi connectivity index (χ4v) is 2.31. The topological polar surface area (TPSA) is 98.9 Å². The molecule has 0 bridgehead atoms. The summed E-state index contributed by atoms with van der Waals surface area (Å²) in [7, 11) is 2.75. The molecule has 1 aliphatic rings. The molecule has 0 saturated carbocycles. The fraction of sp³-hybridized carbons (Fsp3) is 0.357. The third-order valence-corrected chi connectivity index (χ3v) is 3.38. The van der Waals surface area contributed by atoms with Gasteiger partial charge in [0.05, 0.1) is 30.8 Å². The molecule has 0 radical (unpaired) electrons. The molecule has 0 aliphatic heterocycles. The smallest absolute Gasteiger partial charge is 0.279 e. The molecular formula is C14H15NO6. The van der Waals surface area contributed by atoms with Crippen LogP contribution in [0.25, 0.3) is 0 Å². The SMILES string of the molecule is COc1cc(C(O)C2=CCCC2=O)c([N+](=O)[O-])cc1OC. The van der Waals surface area contributed by atoms with E-state index < -0.39 is 11.0 Å². The normalized spacial score (nSPS) is 15.6. The highest BCUT2D eigenvalue weighted by molar-refractivity contribution is 5.98. The van der Waals surface area contributed by atoms with Crippen LogP contribution in [0.5, 0.6) is 11.5 Å². The second kappa shape index (κ2) is 5.92. The van der Waals surface area contributed by atoms with Crippen LogP contribution in [0.2, 0.25) is 0 Å². The highest BCUT2D eigenvalue weighted by atomic mass is 16.6. The molecule has 0 spiro atoms. The highest BCUT2D eigenvalue weighted by Crippen LogP contribution is 2.40. The molecule has 7 heteroatoms. The molecule has 21 heavy (non-hydrogen) atoms. The van der Waals surface area contributed by atoms with Gasteiger partial charge in [-0.2, -0.15) is 0 Å². The lowest BCUT2D eigenvalue weighted by Crippen LogP contribution is -2.10. The van der Waals surface area contributed by atoms with E-state index in [-0.39, 0.29) is 34.1 Å². The van der Waals surface area contributed by atoms with E-state index in [2.05, 4.69) is 0 Å². The standard InChI is InChI=1S/C14H15NO6/c1-20-12-6-9(10(15(18)19)7-13(12)21-2)14(17)8-4-3-5-11(8)16/h4,6-7,14,17H,3,5H2,1-2H3. The molecule has 0 saturated heterocycles. The average Bonchev–Trinajstić information content (AvgIpc) is 2.90. The summed E-state index contributed by atoms with van der Waals surface area (Å²) in [6, 6.07) is 2.51. The summed E-state index contributed by atoms with van der Waals surface area (Å²) >= 11 is 0. The number of aliphatic hydroxyl groups excluding tert-OH is 1. The highest BCUT2D eigenvalue weighted by Gasteiger charge is 2.30. The van der Waals surface area contributed by atoms with Crippen LogP contribution in [0.4, 0.5) is 5.69 Å². The first-order valence-corrected chi connectivity index (χ1v) is 6.31. The molecule has 1 aromatic carbocycles. The number of Topliss-reactive ketones (excluding diaryl/α,β-unsaturated/α-hetero) is 1. The Morgan fingerprint density at radius 3 is 2.38 bits per heavy atom. The minimum Gasteiger partial charge on any atom is -0.493 e. The Kier molecular flexibility index (Phi) is 4.23. The number of hydrogen-bond donors (Lipinski definition) is 1.